The lowest BCUT2D eigenvalue weighted by Crippen LogP contribution is -2.37. The predicted molar refractivity (Wildman–Crippen MR) is 119 cm³/mol. The van der Waals surface area contributed by atoms with E-state index in [-0.39, 0.29) is 23.4 Å². The third-order valence-corrected chi connectivity index (χ3v) is 6.23. The summed E-state index contributed by atoms with van der Waals surface area (Å²) in [5.41, 5.74) is 2.41. The van der Waals surface area contributed by atoms with Gasteiger partial charge in [-0.2, -0.15) is 0 Å². The molecule has 0 radical (unpaired) electrons. The van der Waals surface area contributed by atoms with Crippen LogP contribution in [0.15, 0.2) is 82.1 Å². The monoisotopic (exact) mass is 446 g/mol. The molecule has 0 bridgehead atoms. The van der Waals surface area contributed by atoms with Crippen LogP contribution in [0.4, 0.5) is 0 Å². The first kappa shape index (κ1) is 18.1. The van der Waals surface area contributed by atoms with E-state index < -0.39 is 0 Å². The quantitative estimate of drug-likeness (QED) is 0.461. The van der Waals surface area contributed by atoms with Crippen LogP contribution in [-0.2, 0) is 16.9 Å². The molecule has 29 heavy (non-hydrogen) atoms. The summed E-state index contributed by atoms with van der Waals surface area (Å²) < 4.78 is 2.97. The zero-order valence-corrected chi connectivity index (χ0v) is 17.3. The average molecular weight is 447 g/mol. The fourth-order valence-corrected chi connectivity index (χ4v) is 4.34. The molecule has 1 amide bonds. The highest BCUT2D eigenvalue weighted by Crippen LogP contribution is 2.45. The minimum absolute atomic E-state index is 0.00128. The molecule has 4 nitrogen and oxygen atoms in total. The maximum atomic E-state index is 13.1. The van der Waals surface area contributed by atoms with E-state index in [9.17, 15) is 9.59 Å². The number of carbonyl (C=O) groups excluding carboxylic acids is 1. The van der Waals surface area contributed by atoms with Crippen molar-refractivity contribution in [3.63, 3.8) is 0 Å². The Labute approximate surface area is 176 Å². The third kappa shape index (κ3) is 3.15. The zero-order chi connectivity index (χ0) is 20.0. The molecule has 1 aromatic heterocycles. The number of pyridine rings is 1. The number of hydrogen-bond acceptors (Lipinski definition) is 2. The number of aromatic nitrogens is 1. The number of amides is 1. The Balaban J connectivity index is 1.53. The van der Waals surface area contributed by atoms with Crippen LogP contribution in [0.25, 0.3) is 21.8 Å². The van der Waals surface area contributed by atoms with Crippen molar-refractivity contribution in [1.82, 2.24) is 9.88 Å². The summed E-state index contributed by atoms with van der Waals surface area (Å²) in [5, 5.41) is 4.51. The number of rotatable bonds is 4. The molecular formula is C24H19BrN2O2. The van der Waals surface area contributed by atoms with Gasteiger partial charge in [0, 0.05) is 15.2 Å². The SMILES string of the molecule is O=C(Cn1c2ccccc2c(=O)c2ccccc21)NC1(c2ccc(Br)cc2)CC1. The lowest BCUT2D eigenvalue weighted by atomic mass is 10.0. The summed E-state index contributed by atoms with van der Waals surface area (Å²) in [5.74, 6) is -0.0515. The van der Waals surface area contributed by atoms with Gasteiger partial charge in [0.05, 0.1) is 16.6 Å². The van der Waals surface area contributed by atoms with Crippen molar-refractivity contribution < 1.29 is 4.79 Å². The Kier molecular flexibility index (Phi) is 4.28. The van der Waals surface area contributed by atoms with Gasteiger partial charge in [-0.15, -0.1) is 0 Å². The number of halogens is 1. The highest BCUT2D eigenvalue weighted by molar-refractivity contribution is 9.10. The molecule has 1 N–H and O–H groups in total. The van der Waals surface area contributed by atoms with Gasteiger partial charge in [-0.3, -0.25) is 9.59 Å². The number of nitrogens with one attached hydrogen (secondary N) is 1. The maximum absolute atomic E-state index is 13.1. The highest BCUT2D eigenvalue weighted by Gasteiger charge is 2.45. The van der Waals surface area contributed by atoms with Crippen molar-refractivity contribution in [2.24, 2.45) is 0 Å². The molecule has 144 valence electrons. The summed E-state index contributed by atoms with van der Waals surface area (Å²) >= 11 is 3.46. The normalized spacial score (nSPS) is 14.8. The first-order chi connectivity index (χ1) is 14.1. The van der Waals surface area contributed by atoms with Gasteiger partial charge in [0.1, 0.15) is 6.54 Å². The molecule has 4 aromatic rings. The number of carbonyl (C=O) groups is 1. The molecule has 1 saturated carbocycles. The molecule has 3 aromatic carbocycles. The fourth-order valence-electron chi connectivity index (χ4n) is 4.08. The van der Waals surface area contributed by atoms with Crippen LogP contribution < -0.4 is 10.7 Å². The topological polar surface area (TPSA) is 51.1 Å². The summed E-state index contributed by atoms with van der Waals surface area (Å²) in [4.78, 5) is 25.9. The van der Waals surface area contributed by atoms with Crippen LogP contribution in [-0.4, -0.2) is 10.5 Å². The second-order valence-electron chi connectivity index (χ2n) is 7.59. The second-order valence-corrected chi connectivity index (χ2v) is 8.50. The molecule has 1 aliphatic carbocycles. The van der Waals surface area contributed by atoms with Crippen LogP contribution in [0.1, 0.15) is 18.4 Å². The van der Waals surface area contributed by atoms with Crippen molar-refractivity contribution in [1.29, 1.82) is 0 Å². The van der Waals surface area contributed by atoms with E-state index in [0.29, 0.717) is 10.8 Å². The van der Waals surface area contributed by atoms with Crippen molar-refractivity contribution in [3.05, 3.63) is 93.1 Å². The van der Waals surface area contributed by atoms with Crippen molar-refractivity contribution >= 4 is 43.6 Å². The molecule has 1 heterocycles. The number of para-hydroxylation sites is 2. The largest absolute Gasteiger partial charge is 0.345 e. The standard InChI is InChI=1S/C24H19BrN2O2/c25-17-11-9-16(10-12-17)24(13-14-24)26-22(28)15-27-20-7-3-1-5-18(20)23(29)19-6-2-4-8-21(19)27/h1-12H,13-15H2,(H,26,28). The first-order valence-corrected chi connectivity index (χ1v) is 10.4. The summed E-state index contributed by atoms with van der Waals surface area (Å²) in [6, 6.07) is 23.1. The molecule has 5 rings (SSSR count). The highest BCUT2D eigenvalue weighted by atomic mass is 79.9. The van der Waals surface area contributed by atoms with Crippen LogP contribution in [0, 0.1) is 0 Å². The lowest BCUT2D eigenvalue weighted by molar-refractivity contribution is -0.122. The first-order valence-electron chi connectivity index (χ1n) is 9.65. The molecule has 0 unspecified atom stereocenters. The van der Waals surface area contributed by atoms with Crippen molar-refractivity contribution in [3.8, 4) is 0 Å². The lowest BCUT2D eigenvalue weighted by Gasteiger charge is -2.20. The smallest absolute Gasteiger partial charge is 0.240 e. The van der Waals surface area contributed by atoms with E-state index in [2.05, 4.69) is 33.4 Å². The molecule has 0 saturated heterocycles. The zero-order valence-electron chi connectivity index (χ0n) is 15.7. The fraction of sp³-hybridized carbons (Fsp3) is 0.167. The van der Waals surface area contributed by atoms with Gasteiger partial charge in [0.2, 0.25) is 5.91 Å². The Morgan fingerprint density at radius 1 is 0.897 bits per heavy atom. The number of nitrogens with zero attached hydrogens (tertiary/aromatic N) is 1. The average Bonchev–Trinajstić information content (AvgIpc) is 3.52. The molecule has 5 heteroatoms. The predicted octanol–water partition coefficient (Wildman–Crippen LogP) is 4.72. The van der Waals surface area contributed by atoms with Gasteiger partial charge in [-0.1, -0.05) is 52.3 Å². The van der Waals surface area contributed by atoms with Crippen molar-refractivity contribution in [2.45, 2.75) is 24.9 Å². The Morgan fingerprint density at radius 3 is 2.00 bits per heavy atom. The van der Waals surface area contributed by atoms with Gasteiger partial charge in [-0.25, -0.2) is 0 Å². The van der Waals surface area contributed by atoms with Gasteiger partial charge in [0.15, 0.2) is 5.43 Å². The molecule has 0 aliphatic heterocycles. The van der Waals surface area contributed by atoms with E-state index in [0.717, 1.165) is 33.9 Å². The van der Waals surface area contributed by atoms with Gasteiger partial charge >= 0.3 is 0 Å². The Bertz CT molecular complexity index is 1240. The second kappa shape index (κ2) is 6.85. The van der Waals surface area contributed by atoms with E-state index in [1.807, 2.05) is 65.2 Å². The van der Waals surface area contributed by atoms with Crippen LogP contribution in [0.2, 0.25) is 0 Å². The van der Waals surface area contributed by atoms with E-state index in [1.54, 1.807) is 0 Å². The molecule has 1 aliphatic rings. The van der Waals surface area contributed by atoms with Crippen LogP contribution >= 0.6 is 15.9 Å². The maximum Gasteiger partial charge on any atom is 0.240 e. The molecule has 0 atom stereocenters. The van der Waals surface area contributed by atoms with E-state index in [1.165, 1.54) is 0 Å². The molecule has 1 fully saturated rings. The van der Waals surface area contributed by atoms with Gasteiger partial charge in [-0.05, 0) is 54.8 Å². The number of hydrogen-bond donors (Lipinski definition) is 1. The van der Waals surface area contributed by atoms with Gasteiger partial charge < -0.3 is 9.88 Å². The minimum atomic E-state index is -0.275. The Hall–Kier alpha value is -2.92. The molecule has 0 spiro atoms. The van der Waals surface area contributed by atoms with Crippen LogP contribution in [0.3, 0.4) is 0 Å². The Morgan fingerprint density at radius 2 is 1.45 bits per heavy atom. The number of fused-ring (bicyclic) bond motifs is 2. The molecular weight excluding hydrogens is 428 g/mol. The van der Waals surface area contributed by atoms with Gasteiger partial charge in [0.25, 0.3) is 0 Å². The number of benzene rings is 3. The van der Waals surface area contributed by atoms with Crippen LogP contribution in [0.5, 0.6) is 0 Å². The summed E-state index contributed by atoms with van der Waals surface area (Å²) in [6.45, 7) is 0.166. The van der Waals surface area contributed by atoms with Crippen molar-refractivity contribution in [2.75, 3.05) is 0 Å². The van der Waals surface area contributed by atoms with E-state index in [4.69, 9.17) is 0 Å². The summed E-state index contributed by atoms with van der Waals surface area (Å²) in [7, 11) is 0. The minimum Gasteiger partial charge on any atom is -0.345 e. The van der Waals surface area contributed by atoms with E-state index >= 15 is 0 Å². The third-order valence-electron chi connectivity index (χ3n) is 5.71. The summed E-state index contributed by atoms with van der Waals surface area (Å²) in [6.07, 6.45) is 1.87.